The van der Waals surface area contributed by atoms with Crippen molar-refractivity contribution in [2.75, 3.05) is 47.6 Å². The lowest BCUT2D eigenvalue weighted by atomic mass is 9.97. The van der Waals surface area contributed by atoms with E-state index in [2.05, 4.69) is 10.4 Å². The standard InChI is InChI=1S/C26H33FN4O5/c1-5-12-28-26(33)30(13-14-34-2)17-25(32)31-23(19-8-6-7-9-21(19)27)16-22(29-31)20-11-10-18(35-3)15-24(20)36-4/h6-11,15,23H,5,12-14,16-17H2,1-4H3,(H,28,33)/t23-/m0/s1. The third kappa shape index (κ3) is 6.31. The molecule has 0 bridgehead atoms. The molecule has 1 atom stereocenters. The van der Waals surface area contributed by atoms with E-state index in [0.29, 0.717) is 34.9 Å². The van der Waals surface area contributed by atoms with Gasteiger partial charge in [-0.05, 0) is 24.6 Å². The Bertz CT molecular complexity index is 1090. The van der Waals surface area contributed by atoms with E-state index in [1.165, 1.54) is 30.2 Å². The summed E-state index contributed by atoms with van der Waals surface area (Å²) in [5, 5.41) is 8.65. The monoisotopic (exact) mass is 500 g/mol. The molecule has 3 rings (SSSR count). The van der Waals surface area contributed by atoms with E-state index < -0.39 is 17.8 Å². The second-order valence-electron chi connectivity index (χ2n) is 8.24. The average molecular weight is 501 g/mol. The number of carbonyl (C=O) groups excluding carboxylic acids is 2. The van der Waals surface area contributed by atoms with Crippen molar-refractivity contribution in [2.45, 2.75) is 25.8 Å². The molecule has 1 aliphatic rings. The highest BCUT2D eigenvalue weighted by Crippen LogP contribution is 2.37. The first kappa shape index (κ1) is 26.9. The summed E-state index contributed by atoms with van der Waals surface area (Å²) in [6.07, 6.45) is 1.03. The van der Waals surface area contributed by atoms with Crippen molar-refractivity contribution in [3.63, 3.8) is 0 Å². The molecule has 1 aliphatic heterocycles. The van der Waals surface area contributed by atoms with Gasteiger partial charge in [0.2, 0.25) is 0 Å². The van der Waals surface area contributed by atoms with Crippen LogP contribution in [0, 0.1) is 5.82 Å². The molecule has 0 saturated heterocycles. The SMILES string of the molecule is CCCNC(=O)N(CCOC)CC(=O)N1N=C(c2ccc(OC)cc2OC)C[C@H]1c1ccccc1F. The van der Waals surface area contributed by atoms with Gasteiger partial charge in [-0.15, -0.1) is 0 Å². The molecule has 0 saturated carbocycles. The summed E-state index contributed by atoms with van der Waals surface area (Å²) in [4.78, 5) is 27.5. The second-order valence-corrected chi connectivity index (χ2v) is 8.24. The predicted octanol–water partition coefficient (Wildman–Crippen LogP) is 3.59. The van der Waals surface area contributed by atoms with Gasteiger partial charge in [-0.2, -0.15) is 5.10 Å². The summed E-state index contributed by atoms with van der Waals surface area (Å²) in [5.74, 6) is 0.263. The van der Waals surface area contributed by atoms with Crippen LogP contribution in [0.5, 0.6) is 11.5 Å². The van der Waals surface area contributed by atoms with Crippen molar-refractivity contribution in [3.8, 4) is 11.5 Å². The molecule has 2 aromatic rings. The number of halogens is 1. The topological polar surface area (TPSA) is 92.7 Å². The van der Waals surface area contributed by atoms with Crippen LogP contribution in [0.25, 0.3) is 0 Å². The van der Waals surface area contributed by atoms with Gasteiger partial charge in [0.1, 0.15) is 23.9 Å². The molecule has 10 heteroatoms. The molecular weight excluding hydrogens is 467 g/mol. The van der Waals surface area contributed by atoms with E-state index in [0.717, 1.165) is 6.42 Å². The van der Waals surface area contributed by atoms with Gasteiger partial charge in [-0.25, -0.2) is 14.2 Å². The van der Waals surface area contributed by atoms with Crippen molar-refractivity contribution < 1.29 is 28.2 Å². The van der Waals surface area contributed by atoms with E-state index in [1.807, 2.05) is 6.92 Å². The van der Waals surface area contributed by atoms with Crippen LogP contribution in [0.3, 0.4) is 0 Å². The van der Waals surface area contributed by atoms with Crippen molar-refractivity contribution in [1.82, 2.24) is 15.2 Å². The number of nitrogens with one attached hydrogen (secondary N) is 1. The van der Waals surface area contributed by atoms with E-state index in [-0.39, 0.29) is 32.1 Å². The summed E-state index contributed by atoms with van der Waals surface area (Å²) in [7, 11) is 4.62. The molecule has 1 heterocycles. The number of carbonyl (C=O) groups is 2. The van der Waals surface area contributed by atoms with Crippen LogP contribution >= 0.6 is 0 Å². The van der Waals surface area contributed by atoms with E-state index in [1.54, 1.807) is 43.5 Å². The predicted molar refractivity (Wildman–Crippen MR) is 134 cm³/mol. The van der Waals surface area contributed by atoms with Crippen LogP contribution in [0.1, 0.15) is 36.9 Å². The number of nitrogens with zero attached hydrogens (tertiary/aromatic N) is 3. The summed E-state index contributed by atoms with van der Waals surface area (Å²) in [6, 6.07) is 10.6. The highest BCUT2D eigenvalue weighted by molar-refractivity contribution is 6.05. The van der Waals surface area contributed by atoms with E-state index in [4.69, 9.17) is 14.2 Å². The van der Waals surface area contributed by atoms with Crippen LogP contribution in [-0.4, -0.2) is 75.1 Å². The Labute approximate surface area is 210 Å². The fourth-order valence-electron chi connectivity index (χ4n) is 3.96. The fraction of sp³-hybridized carbons (Fsp3) is 0.423. The zero-order chi connectivity index (χ0) is 26.1. The van der Waals surface area contributed by atoms with Gasteiger partial charge in [0.25, 0.3) is 5.91 Å². The molecule has 0 spiro atoms. The Kier molecular flexibility index (Phi) is 9.63. The minimum absolute atomic E-state index is 0.221. The molecule has 0 fully saturated rings. The molecule has 0 aromatic heterocycles. The number of amides is 3. The van der Waals surface area contributed by atoms with Gasteiger partial charge in [0, 0.05) is 43.8 Å². The van der Waals surface area contributed by atoms with Gasteiger partial charge < -0.3 is 24.4 Å². The molecule has 1 N–H and O–H groups in total. The molecule has 0 unspecified atom stereocenters. The lowest BCUT2D eigenvalue weighted by Crippen LogP contribution is -2.47. The highest BCUT2D eigenvalue weighted by Gasteiger charge is 2.36. The zero-order valence-electron chi connectivity index (χ0n) is 21.1. The van der Waals surface area contributed by atoms with Gasteiger partial charge in [-0.3, -0.25) is 4.79 Å². The lowest BCUT2D eigenvalue weighted by Gasteiger charge is -2.27. The number of hydrogen-bond donors (Lipinski definition) is 1. The van der Waals surface area contributed by atoms with Gasteiger partial charge in [0.05, 0.1) is 32.6 Å². The largest absolute Gasteiger partial charge is 0.497 e. The molecule has 3 amide bonds. The van der Waals surface area contributed by atoms with E-state index >= 15 is 0 Å². The minimum atomic E-state index is -0.677. The lowest BCUT2D eigenvalue weighted by molar-refractivity contribution is -0.133. The Morgan fingerprint density at radius 3 is 2.61 bits per heavy atom. The number of hydrazone groups is 1. The van der Waals surface area contributed by atoms with Crippen LogP contribution in [0.2, 0.25) is 0 Å². The van der Waals surface area contributed by atoms with Crippen molar-refractivity contribution in [2.24, 2.45) is 5.10 Å². The van der Waals surface area contributed by atoms with Crippen LogP contribution < -0.4 is 14.8 Å². The van der Waals surface area contributed by atoms with Crippen LogP contribution in [0.15, 0.2) is 47.6 Å². The maximum absolute atomic E-state index is 14.8. The highest BCUT2D eigenvalue weighted by atomic mass is 19.1. The molecule has 0 aliphatic carbocycles. The smallest absolute Gasteiger partial charge is 0.317 e. The third-order valence-electron chi connectivity index (χ3n) is 5.85. The zero-order valence-corrected chi connectivity index (χ0v) is 21.1. The molecule has 0 radical (unpaired) electrons. The molecule has 36 heavy (non-hydrogen) atoms. The van der Waals surface area contributed by atoms with Gasteiger partial charge >= 0.3 is 6.03 Å². The molecule has 194 valence electrons. The number of hydrogen-bond acceptors (Lipinski definition) is 6. The fourth-order valence-corrected chi connectivity index (χ4v) is 3.96. The first-order chi connectivity index (χ1) is 17.4. The van der Waals surface area contributed by atoms with E-state index in [9.17, 15) is 14.0 Å². The normalized spacial score (nSPS) is 14.9. The van der Waals surface area contributed by atoms with Gasteiger partial charge in [-0.1, -0.05) is 25.1 Å². The summed E-state index contributed by atoms with van der Waals surface area (Å²) < 4.78 is 30.7. The van der Waals surface area contributed by atoms with Crippen molar-refractivity contribution in [3.05, 3.63) is 59.4 Å². The summed E-state index contributed by atoms with van der Waals surface area (Å²) >= 11 is 0. The number of benzene rings is 2. The molecule has 2 aromatic carbocycles. The number of rotatable bonds is 11. The Morgan fingerprint density at radius 2 is 1.94 bits per heavy atom. The van der Waals surface area contributed by atoms with Gasteiger partial charge in [0.15, 0.2) is 0 Å². The quantitative estimate of drug-likeness (QED) is 0.509. The second kappa shape index (κ2) is 12.9. The first-order valence-corrected chi connectivity index (χ1v) is 11.8. The Balaban J connectivity index is 1.95. The van der Waals surface area contributed by atoms with Crippen molar-refractivity contribution in [1.29, 1.82) is 0 Å². The van der Waals surface area contributed by atoms with Crippen molar-refractivity contribution >= 4 is 17.6 Å². The minimum Gasteiger partial charge on any atom is -0.497 e. The van der Waals surface area contributed by atoms with Crippen LogP contribution in [-0.2, 0) is 9.53 Å². The number of methoxy groups -OCH3 is 3. The molecule has 9 nitrogen and oxygen atoms in total. The first-order valence-electron chi connectivity index (χ1n) is 11.8. The third-order valence-corrected chi connectivity index (χ3v) is 5.85. The Morgan fingerprint density at radius 1 is 1.17 bits per heavy atom. The molecular formula is C26H33FN4O5. The summed E-state index contributed by atoms with van der Waals surface area (Å²) in [5.41, 5.74) is 1.58. The number of ether oxygens (including phenoxy) is 3. The number of urea groups is 1. The average Bonchev–Trinajstić information content (AvgIpc) is 3.34. The maximum atomic E-state index is 14.8. The van der Waals surface area contributed by atoms with Crippen LogP contribution in [0.4, 0.5) is 9.18 Å². The summed E-state index contributed by atoms with van der Waals surface area (Å²) in [6.45, 7) is 2.68. The Hall–Kier alpha value is -3.66. The maximum Gasteiger partial charge on any atom is 0.317 e.